The van der Waals surface area contributed by atoms with E-state index in [1.54, 1.807) is 0 Å². The third-order valence-electron chi connectivity index (χ3n) is 2.98. The van der Waals surface area contributed by atoms with Crippen LogP contribution in [0.5, 0.6) is 0 Å². The summed E-state index contributed by atoms with van der Waals surface area (Å²) in [6.07, 6.45) is -6.37. The van der Waals surface area contributed by atoms with Crippen molar-refractivity contribution in [2.75, 3.05) is 13.2 Å². The van der Waals surface area contributed by atoms with Gasteiger partial charge in [-0.25, -0.2) is 0 Å². The van der Waals surface area contributed by atoms with Gasteiger partial charge in [0.15, 0.2) is 6.29 Å². The van der Waals surface area contributed by atoms with Crippen molar-refractivity contribution in [3.63, 3.8) is 0 Å². The van der Waals surface area contributed by atoms with Crippen molar-refractivity contribution in [1.82, 2.24) is 0 Å². The maximum Gasteiger partial charge on any atom is 0.308 e. The van der Waals surface area contributed by atoms with Gasteiger partial charge in [0.05, 0.1) is 25.6 Å². The Labute approximate surface area is 121 Å². The number of carboxylic acids is 1. The molecule has 9 heteroatoms. The second-order valence-corrected chi connectivity index (χ2v) is 4.67. The van der Waals surface area contributed by atoms with Crippen LogP contribution in [0.3, 0.4) is 0 Å². The van der Waals surface area contributed by atoms with E-state index in [4.69, 9.17) is 14.6 Å². The number of aliphatic carboxylic acids is 1. The van der Waals surface area contributed by atoms with E-state index in [0.717, 1.165) is 0 Å². The highest BCUT2D eigenvalue weighted by atomic mass is 16.7. The summed E-state index contributed by atoms with van der Waals surface area (Å²) in [5, 5.41) is 37.1. The van der Waals surface area contributed by atoms with Crippen molar-refractivity contribution in [3.05, 3.63) is 0 Å². The minimum absolute atomic E-state index is 0.136. The Morgan fingerprint density at radius 1 is 1.05 bits per heavy atom. The van der Waals surface area contributed by atoms with E-state index in [2.05, 4.69) is 4.74 Å². The van der Waals surface area contributed by atoms with Crippen LogP contribution in [0.2, 0.25) is 0 Å². The van der Waals surface area contributed by atoms with Gasteiger partial charge in [-0.1, -0.05) is 0 Å². The molecular formula is C12H20O9. The van der Waals surface area contributed by atoms with Crippen LogP contribution in [0, 0.1) is 0 Å². The molecule has 0 bridgehead atoms. The molecular weight excluding hydrogens is 288 g/mol. The van der Waals surface area contributed by atoms with Gasteiger partial charge >= 0.3 is 11.9 Å². The first-order valence-electron chi connectivity index (χ1n) is 6.51. The highest BCUT2D eigenvalue weighted by Gasteiger charge is 2.42. The summed E-state index contributed by atoms with van der Waals surface area (Å²) in [6.45, 7) is 1.15. The maximum absolute atomic E-state index is 11.2. The number of carboxylic acid groups (broad SMARTS) is 1. The summed E-state index contributed by atoms with van der Waals surface area (Å²) < 4.78 is 14.9. The van der Waals surface area contributed by atoms with Gasteiger partial charge in [0.2, 0.25) is 0 Å². The minimum atomic E-state index is -1.43. The highest BCUT2D eigenvalue weighted by molar-refractivity contribution is 5.70. The SMILES string of the molecule is CC1O[C@@H](OCCC(=O)OCCC(=O)O)C(O)C(O)[C@H]1O. The summed E-state index contributed by atoms with van der Waals surface area (Å²) in [5.74, 6) is -1.71. The van der Waals surface area contributed by atoms with E-state index in [1.165, 1.54) is 6.92 Å². The molecule has 1 fully saturated rings. The lowest BCUT2D eigenvalue weighted by Gasteiger charge is -2.38. The summed E-state index contributed by atoms with van der Waals surface area (Å²) in [7, 11) is 0. The molecule has 1 aliphatic rings. The number of rotatable bonds is 7. The van der Waals surface area contributed by atoms with Crippen molar-refractivity contribution in [1.29, 1.82) is 0 Å². The van der Waals surface area contributed by atoms with Crippen LogP contribution in [0.15, 0.2) is 0 Å². The number of aliphatic hydroxyl groups is 3. The molecule has 9 nitrogen and oxygen atoms in total. The molecule has 1 heterocycles. The van der Waals surface area contributed by atoms with Crippen LogP contribution in [0.25, 0.3) is 0 Å². The minimum Gasteiger partial charge on any atom is -0.481 e. The molecule has 3 unspecified atom stereocenters. The molecule has 5 atom stereocenters. The highest BCUT2D eigenvalue weighted by Crippen LogP contribution is 2.21. The van der Waals surface area contributed by atoms with Crippen LogP contribution >= 0.6 is 0 Å². The largest absolute Gasteiger partial charge is 0.481 e. The number of ether oxygens (including phenoxy) is 3. The van der Waals surface area contributed by atoms with Crippen LogP contribution in [0.1, 0.15) is 19.8 Å². The van der Waals surface area contributed by atoms with Gasteiger partial charge in [-0.15, -0.1) is 0 Å². The van der Waals surface area contributed by atoms with Gasteiger partial charge in [0, 0.05) is 0 Å². The van der Waals surface area contributed by atoms with E-state index in [0.29, 0.717) is 0 Å². The fourth-order valence-electron chi connectivity index (χ4n) is 1.73. The molecule has 0 aromatic heterocycles. The Balaban J connectivity index is 2.25. The van der Waals surface area contributed by atoms with Gasteiger partial charge in [-0.3, -0.25) is 9.59 Å². The van der Waals surface area contributed by atoms with Crippen molar-refractivity contribution < 1.29 is 44.2 Å². The Morgan fingerprint density at radius 2 is 1.71 bits per heavy atom. The number of carbonyl (C=O) groups excluding carboxylic acids is 1. The Hall–Kier alpha value is -1.26. The molecule has 4 N–H and O–H groups in total. The standard InChI is InChI=1S/C12H20O9/c1-6-9(16)10(17)11(18)12(21-6)20-5-3-8(15)19-4-2-7(13)14/h6,9-12,16-18H,2-5H2,1H3,(H,13,14)/t6?,9-,10?,11?,12+/m0/s1. The van der Waals surface area contributed by atoms with Crippen LogP contribution < -0.4 is 0 Å². The Morgan fingerprint density at radius 3 is 2.33 bits per heavy atom. The van der Waals surface area contributed by atoms with Gasteiger partial charge in [-0.05, 0) is 6.92 Å². The normalized spacial score (nSPS) is 32.7. The number of esters is 1. The summed E-state index contributed by atoms with van der Waals surface area (Å²) >= 11 is 0. The lowest BCUT2D eigenvalue weighted by Crippen LogP contribution is -2.57. The molecule has 0 aromatic rings. The topological polar surface area (TPSA) is 143 Å². The van der Waals surface area contributed by atoms with Crippen LogP contribution in [-0.2, 0) is 23.8 Å². The predicted molar refractivity (Wildman–Crippen MR) is 66.1 cm³/mol. The molecule has 0 spiro atoms. The second kappa shape index (κ2) is 8.25. The van der Waals surface area contributed by atoms with Crippen molar-refractivity contribution in [2.24, 2.45) is 0 Å². The average Bonchev–Trinajstić information content (AvgIpc) is 2.41. The van der Waals surface area contributed by atoms with Crippen LogP contribution in [0.4, 0.5) is 0 Å². The molecule has 0 saturated carbocycles. The summed E-state index contributed by atoms with van der Waals surface area (Å²) in [4.78, 5) is 21.5. The summed E-state index contributed by atoms with van der Waals surface area (Å²) in [5.41, 5.74) is 0. The van der Waals surface area contributed by atoms with Crippen molar-refractivity contribution >= 4 is 11.9 Å². The fourth-order valence-corrected chi connectivity index (χ4v) is 1.73. The summed E-state index contributed by atoms with van der Waals surface area (Å²) in [6, 6.07) is 0. The van der Waals surface area contributed by atoms with Gasteiger partial charge < -0.3 is 34.6 Å². The first kappa shape index (κ1) is 17.8. The van der Waals surface area contributed by atoms with Gasteiger partial charge in [0.1, 0.15) is 24.9 Å². The quantitative estimate of drug-likeness (QED) is 0.402. The molecule has 1 saturated heterocycles. The zero-order chi connectivity index (χ0) is 16.0. The van der Waals surface area contributed by atoms with Gasteiger partial charge in [-0.2, -0.15) is 0 Å². The van der Waals surface area contributed by atoms with Crippen molar-refractivity contribution in [2.45, 2.75) is 50.5 Å². The number of carbonyl (C=O) groups is 2. The molecule has 21 heavy (non-hydrogen) atoms. The van der Waals surface area contributed by atoms with Gasteiger partial charge in [0.25, 0.3) is 0 Å². The third kappa shape index (κ3) is 5.56. The molecule has 1 rings (SSSR count). The second-order valence-electron chi connectivity index (χ2n) is 4.67. The molecule has 0 amide bonds. The average molecular weight is 308 g/mol. The zero-order valence-electron chi connectivity index (χ0n) is 11.5. The number of hydrogen-bond donors (Lipinski definition) is 4. The number of aliphatic hydroxyl groups excluding tert-OH is 3. The number of hydrogen-bond acceptors (Lipinski definition) is 8. The smallest absolute Gasteiger partial charge is 0.308 e. The van der Waals surface area contributed by atoms with Crippen molar-refractivity contribution in [3.8, 4) is 0 Å². The molecule has 1 aliphatic heterocycles. The monoisotopic (exact) mass is 308 g/mol. The Bertz CT molecular complexity index is 359. The first-order valence-corrected chi connectivity index (χ1v) is 6.51. The van der Waals surface area contributed by atoms with E-state index >= 15 is 0 Å². The fraction of sp³-hybridized carbons (Fsp3) is 0.833. The first-order chi connectivity index (χ1) is 9.82. The third-order valence-corrected chi connectivity index (χ3v) is 2.98. The zero-order valence-corrected chi connectivity index (χ0v) is 11.5. The maximum atomic E-state index is 11.2. The van der Waals surface area contributed by atoms with E-state index in [1.807, 2.05) is 0 Å². The molecule has 0 radical (unpaired) electrons. The van der Waals surface area contributed by atoms with E-state index in [9.17, 15) is 24.9 Å². The lowest BCUT2D eigenvalue weighted by molar-refractivity contribution is -0.293. The predicted octanol–water partition coefficient (Wildman–Crippen LogP) is -1.76. The molecule has 0 aromatic carbocycles. The Kier molecular flexibility index (Phi) is 6.99. The van der Waals surface area contributed by atoms with E-state index < -0.39 is 42.6 Å². The molecule has 0 aliphatic carbocycles. The molecule has 122 valence electrons. The lowest BCUT2D eigenvalue weighted by atomic mass is 10.0. The van der Waals surface area contributed by atoms with Crippen LogP contribution in [-0.4, -0.2) is 76.3 Å². The van der Waals surface area contributed by atoms with E-state index in [-0.39, 0.29) is 26.1 Å².